The van der Waals surface area contributed by atoms with Crippen LogP contribution < -0.4 is 4.90 Å². The third-order valence-corrected chi connectivity index (χ3v) is 4.37. The van der Waals surface area contributed by atoms with Gasteiger partial charge in [0.15, 0.2) is 5.69 Å². The summed E-state index contributed by atoms with van der Waals surface area (Å²) in [5.74, 6) is 0.342. The lowest BCUT2D eigenvalue weighted by atomic mass is 10.2. The molecule has 0 N–H and O–H groups in total. The Labute approximate surface area is 173 Å². The number of hydrogen-bond donors (Lipinski definition) is 0. The van der Waals surface area contributed by atoms with Gasteiger partial charge in [-0.05, 0) is 32.0 Å². The molecule has 30 heavy (non-hydrogen) atoms. The molecule has 0 radical (unpaired) electrons. The quantitative estimate of drug-likeness (QED) is 0.498. The molecule has 3 heterocycles. The van der Waals surface area contributed by atoms with E-state index < -0.39 is 11.7 Å². The molecule has 0 saturated heterocycles. The van der Waals surface area contributed by atoms with E-state index in [2.05, 4.69) is 20.2 Å². The largest absolute Gasteiger partial charge is 0.443 e. The van der Waals surface area contributed by atoms with Gasteiger partial charge in [0.1, 0.15) is 5.60 Å². The molecule has 0 aliphatic rings. The fourth-order valence-electron chi connectivity index (χ4n) is 2.95. The van der Waals surface area contributed by atoms with E-state index in [1.54, 1.807) is 33.3 Å². The van der Waals surface area contributed by atoms with Crippen LogP contribution in [0.5, 0.6) is 0 Å². The van der Waals surface area contributed by atoms with Crippen molar-refractivity contribution in [3.8, 4) is 11.6 Å². The Morgan fingerprint density at radius 3 is 2.77 bits per heavy atom. The van der Waals surface area contributed by atoms with Crippen LogP contribution in [0, 0.1) is 0 Å². The summed E-state index contributed by atoms with van der Waals surface area (Å²) in [6.45, 7) is 6.76. The van der Waals surface area contributed by atoms with E-state index >= 15 is 0 Å². The number of nitrogens with zero attached hydrogens (tertiary/aromatic N) is 7. The molecule has 156 valence electrons. The Hall–Kier alpha value is -3.69. The predicted octanol–water partition coefficient (Wildman–Crippen LogP) is 3.35. The number of aryl methyl sites for hydroxylation is 2. The summed E-state index contributed by atoms with van der Waals surface area (Å²) in [5.41, 5.74) is 0.891. The Morgan fingerprint density at radius 1 is 1.23 bits per heavy atom. The molecular weight excluding hydrogens is 386 g/mol. The minimum Gasteiger partial charge on any atom is -0.443 e. The topological polar surface area (TPSA) is 104 Å². The molecule has 10 heteroatoms. The van der Waals surface area contributed by atoms with E-state index in [0.29, 0.717) is 12.2 Å². The molecule has 0 spiro atoms. The van der Waals surface area contributed by atoms with E-state index in [-0.39, 0.29) is 11.8 Å². The minimum absolute atomic E-state index is 0.108. The van der Waals surface area contributed by atoms with Crippen LogP contribution in [-0.2, 0) is 17.8 Å². The van der Waals surface area contributed by atoms with E-state index in [9.17, 15) is 4.79 Å². The first-order valence-corrected chi connectivity index (χ1v) is 9.54. The first-order valence-electron chi connectivity index (χ1n) is 9.54. The molecule has 1 aromatic carbocycles. The van der Waals surface area contributed by atoms with Gasteiger partial charge < -0.3 is 13.8 Å². The van der Waals surface area contributed by atoms with Crippen molar-refractivity contribution in [1.29, 1.82) is 0 Å². The number of ether oxygens (including phenoxy) is 1. The van der Waals surface area contributed by atoms with Crippen LogP contribution in [0.4, 0.5) is 10.7 Å². The summed E-state index contributed by atoms with van der Waals surface area (Å²) >= 11 is 0. The Kier molecular flexibility index (Phi) is 4.98. The molecule has 0 aliphatic heterocycles. The first kappa shape index (κ1) is 19.6. The lowest BCUT2D eigenvalue weighted by Gasteiger charge is -2.22. The first-order chi connectivity index (χ1) is 14.3. The van der Waals surface area contributed by atoms with Crippen molar-refractivity contribution in [3.63, 3.8) is 0 Å². The van der Waals surface area contributed by atoms with E-state index in [4.69, 9.17) is 9.26 Å². The summed E-state index contributed by atoms with van der Waals surface area (Å²) in [5, 5.41) is 9.50. The average Bonchev–Trinajstić information content (AvgIpc) is 3.43. The molecule has 3 aromatic heterocycles. The average molecular weight is 409 g/mol. The maximum Gasteiger partial charge on any atom is 0.417 e. The summed E-state index contributed by atoms with van der Waals surface area (Å²) < 4.78 is 14.6. The number of para-hydroxylation sites is 1. The molecule has 4 rings (SSSR count). The van der Waals surface area contributed by atoms with Crippen molar-refractivity contribution in [2.24, 2.45) is 0 Å². The number of carbonyl (C=O) groups is 1. The summed E-state index contributed by atoms with van der Waals surface area (Å²) in [7, 11) is 1.53. The normalized spacial score (nSPS) is 11.7. The molecular formula is C20H23N7O3. The van der Waals surface area contributed by atoms with Gasteiger partial charge in [-0.25, -0.2) is 14.7 Å². The van der Waals surface area contributed by atoms with Crippen LogP contribution in [0.15, 0.2) is 47.5 Å². The van der Waals surface area contributed by atoms with Gasteiger partial charge >= 0.3 is 6.09 Å². The number of aromatic nitrogens is 6. The van der Waals surface area contributed by atoms with Crippen LogP contribution in [-0.4, -0.2) is 48.2 Å². The Morgan fingerprint density at radius 2 is 2.03 bits per heavy atom. The highest BCUT2D eigenvalue weighted by Crippen LogP contribution is 2.28. The Balaban J connectivity index is 1.61. The standard InChI is InChI=1S/C20H23N7O3/c1-20(2,3)29-19(28)25(4)18-22-17(30-24-18)16-14-7-5-6-8-15(14)27(23-16)12-11-26-10-9-21-13-26/h5-10,13H,11-12H2,1-4H3. The molecule has 0 unspecified atom stereocenters. The number of hydrogen-bond acceptors (Lipinski definition) is 7. The monoisotopic (exact) mass is 409 g/mol. The molecule has 0 bridgehead atoms. The van der Waals surface area contributed by atoms with Crippen molar-refractivity contribution < 1.29 is 14.1 Å². The predicted molar refractivity (Wildman–Crippen MR) is 110 cm³/mol. The van der Waals surface area contributed by atoms with Gasteiger partial charge in [0.25, 0.3) is 11.8 Å². The third kappa shape index (κ3) is 4.02. The molecule has 0 aliphatic carbocycles. The van der Waals surface area contributed by atoms with Crippen molar-refractivity contribution in [1.82, 2.24) is 29.5 Å². The number of imidazole rings is 1. The second-order valence-electron chi connectivity index (χ2n) is 7.83. The number of anilines is 1. The van der Waals surface area contributed by atoms with Crippen LogP contribution in [0.3, 0.4) is 0 Å². The number of amides is 1. The number of rotatable bonds is 5. The summed E-state index contributed by atoms with van der Waals surface area (Å²) in [6, 6.07) is 7.82. The van der Waals surface area contributed by atoms with Gasteiger partial charge in [0.2, 0.25) is 0 Å². The van der Waals surface area contributed by atoms with Crippen molar-refractivity contribution >= 4 is 22.9 Å². The maximum absolute atomic E-state index is 12.3. The molecule has 0 saturated carbocycles. The highest BCUT2D eigenvalue weighted by atomic mass is 16.6. The highest BCUT2D eigenvalue weighted by molar-refractivity contribution is 5.91. The smallest absolute Gasteiger partial charge is 0.417 e. The SMILES string of the molecule is CN(C(=O)OC(C)(C)C)c1noc(-c2nn(CCn3ccnc3)c3ccccc23)n1. The van der Waals surface area contributed by atoms with Crippen LogP contribution in [0.2, 0.25) is 0 Å². The highest BCUT2D eigenvalue weighted by Gasteiger charge is 2.25. The van der Waals surface area contributed by atoms with Gasteiger partial charge in [0.05, 0.1) is 18.4 Å². The number of benzene rings is 1. The second kappa shape index (κ2) is 7.62. The van der Waals surface area contributed by atoms with Crippen LogP contribution in [0.25, 0.3) is 22.5 Å². The number of carbonyl (C=O) groups excluding carboxylic acids is 1. The van der Waals surface area contributed by atoms with Crippen LogP contribution >= 0.6 is 0 Å². The molecule has 4 aromatic rings. The van der Waals surface area contributed by atoms with Gasteiger partial charge in [-0.15, -0.1) is 0 Å². The second-order valence-corrected chi connectivity index (χ2v) is 7.83. The Bertz CT molecular complexity index is 1150. The minimum atomic E-state index is -0.623. The molecule has 0 atom stereocenters. The fourth-order valence-corrected chi connectivity index (χ4v) is 2.95. The van der Waals surface area contributed by atoms with Crippen molar-refractivity contribution in [2.45, 2.75) is 39.5 Å². The van der Waals surface area contributed by atoms with Gasteiger partial charge in [-0.1, -0.05) is 18.2 Å². The third-order valence-electron chi connectivity index (χ3n) is 4.37. The van der Waals surface area contributed by atoms with E-state index in [1.165, 1.54) is 11.9 Å². The summed E-state index contributed by atoms with van der Waals surface area (Å²) in [6.07, 6.45) is 4.85. The molecule has 10 nitrogen and oxygen atoms in total. The van der Waals surface area contributed by atoms with Crippen LogP contribution in [0.1, 0.15) is 20.8 Å². The zero-order valence-electron chi connectivity index (χ0n) is 17.3. The zero-order valence-corrected chi connectivity index (χ0v) is 17.3. The summed E-state index contributed by atoms with van der Waals surface area (Å²) in [4.78, 5) is 21.9. The number of fused-ring (bicyclic) bond motifs is 1. The molecule has 1 amide bonds. The van der Waals surface area contributed by atoms with Gasteiger partial charge in [-0.2, -0.15) is 10.1 Å². The van der Waals surface area contributed by atoms with Gasteiger partial charge in [-0.3, -0.25) is 4.68 Å². The van der Waals surface area contributed by atoms with E-state index in [1.807, 2.05) is 39.7 Å². The zero-order chi connectivity index (χ0) is 21.3. The molecule has 0 fully saturated rings. The maximum atomic E-state index is 12.3. The fraction of sp³-hybridized carbons (Fsp3) is 0.350. The lowest BCUT2D eigenvalue weighted by molar-refractivity contribution is 0.0586. The van der Waals surface area contributed by atoms with Gasteiger partial charge in [0, 0.05) is 31.4 Å². The van der Waals surface area contributed by atoms with Crippen molar-refractivity contribution in [2.75, 3.05) is 11.9 Å². The lowest BCUT2D eigenvalue weighted by Crippen LogP contribution is -2.34. The van der Waals surface area contributed by atoms with Crippen molar-refractivity contribution in [3.05, 3.63) is 43.0 Å². The van der Waals surface area contributed by atoms with E-state index in [0.717, 1.165) is 17.4 Å².